The summed E-state index contributed by atoms with van der Waals surface area (Å²) in [6.45, 7) is 11.9. The maximum Gasteiger partial charge on any atom is 0.302 e. The van der Waals surface area contributed by atoms with Crippen LogP contribution in [0.15, 0.2) is 36.4 Å². The molecule has 1 aliphatic heterocycles. The van der Waals surface area contributed by atoms with E-state index >= 15 is 0 Å². The summed E-state index contributed by atoms with van der Waals surface area (Å²) in [4.78, 5) is 20.8. The van der Waals surface area contributed by atoms with Crippen LogP contribution in [0.4, 0.5) is 5.82 Å². The molecule has 1 fully saturated rings. The van der Waals surface area contributed by atoms with Crippen LogP contribution in [-0.4, -0.2) is 55.2 Å². The first-order chi connectivity index (χ1) is 15.9. The molecule has 0 spiro atoms. The zero-order valence-electron chi connectivity index (χ0n) is 20.6. The van der Waals surface area contributed by atoms with Crippen LogP contribution in [0.25, 0.3) is 11.3 Å². The van der Waals surface area contributed by atoms with Crippen LogP contribution in [0.3, 0.4) is 0 Å². The van der Waals surface area contributed by atoms with E-state index < -0.39 is 0 Å². The second-order valence-electron chi connectivity index (χ2n) is 10.2. The maximum atomic E-state index is 10.9. The van der Waals surface area contributed by atoms with Crippen molar-refractivity contribution in [1.82, 2.24) is 9.88 Å². The number of unbranched alkanes of at least 4 members (excludes halogenated alkanes) is 1. The van der Waals surface area contributed by atoms with Gasteiger partial charge < -0.3 is 9.64 Å². The monoisotopic (exact) mass is 449 g/mol. The van der Waals surface area contributed by atoms with Crippen LogP contribution in [0.5, 0.6) is 0 Å². The summed E-state index contributed by atoms with van der Waals surface area (Å²) in [5, 5.41) is 0. The minimum absolute atomic E-state index is 0.187. The second kappa shape index (κ2) is 10.7. The van der Waals surface area contributed by atoms with Gasteiger partial charge in [0.2, 0.25) is 0 Å². The third kappa shape index (κ3) is 6.14. The number of aryl methyl sites for hydroxylation is 1. The van der Waals surface area contributed by atoms with Gasteiger partial charge in [-0.15, -0.1) is 0 Å². The van der Waals surface area contributed by atoms with Crippen LogP contribution in [-0.2, 0) is 21.4 Å². The van der Waals surface area contributed by atoms with Gasteiger partial charge in [0.05, 0.1) is 12.3 Å². The van der Waals surface area contributed by atoms with Crippen molar-refractivity contribution in [3.05, 3.63) is 47.5 Å². The summed E-state index contributed by atoms with van der Waals surface area (Å²) >= 11 is 0. The molecule has 5 heteroatoms. The third-order valence-corrected chi connectivity index (χ3v) is 7.24. The molecule has 0 saturated carbocycles. The quantitative estimate of drug-likeness (QED) is 0.330. The lowest BCUT2D eigenvalue weighted by molar-refractivity contribution is -0.141. The Hall–Kier alpha value is -2.40. The molecule has 178 valence electrons. The van der Waals surface area contributed by atoms with E-state index in [-0.39, 0.29) is 11.4 Å². The highest BCUT2D eigenvalue weighted by atomic mass is 16.5. The van der Waals surface area contributed by atoms with Crippen molar-refractivity contribution in [1.29, 1.82) is 0 Å². The van der Waals surface area contributed by atoms with Crippen molar-refractivity contribution in [2.75, 3.05) is 44.2 Å². The number of fused-ring (bicyclic) bond motifs is 1. The molecule has 2 aromatic rings. The molecule has 1 aliphatic carbocycles. The molecular formula is C28H39N3O2. The Morgan fingerprint density at radius 1 is 1.06 bits per heavy atom. The summed E-state index contributed by atoms with van der Waals surface area (Å²) in [5.74, 6) is 0.893. The first kappa shape index (κ1) is 23.7. The van der Waals surface area contributed by atoms with E-state index in [1.807, 2.05) is 0 Å². The molecule has 2 aliphatic rings. The molecular weight excluding hydrogens is 410 g/mol. The van der Waals surface area contributed by atoms with Gasteiger partial charge in [0.15, 0.2) is 0 Å². The number of anilines is 1. The fourth-order valence-corrected chi connectivity index (χ4v) is 5.21. The zero-order chi connectivity index (χ0) is 23.3. The highest BCUT2D eigenvalue weighted by Gasteiger charge is 2.26. The largest absolute Gasteiger partial charge is 0.466 e. The molecule has 33 heavy (non-hydrogen) atoms. The van der Waals surface area contributed by atoms with E-state index in [2.05, 4.69) is 60.0 Å². The zero-order valence-corrected chi connectivity index (χ0v) is 20.6. The number of aromatic nitrogens is 1. The minimum Gasteiger partial charge on any atom is -0.466 e. The Morgan fingerprint density at radius 3 is 2.67 bits per heavy atom. The van der Waals surface area contributed by atoms with Crippen molar-refractivity contribution >= 4 is 11.8 Å². The lowest BCUT2D eigenvalue weighted by atomic mass is 9.79. The molecule has 0 radical (unpaired) electrons. The van der Waals surface area contributed by atoms with Gasteiger partial charge in [0, 0.05) is 38.7 Å². The standard InChI is InChI=1S/C28H39N3O2/c1-22(32)33-20-7-6-15-30-16-18-31(19-17-30)27-11-8-10-26(29-27)24-13-12-23-9-4-5-14-28(2,3)25(23)21-24/h8,10-13,21H,4-7,9,14-20H2,1-3H3. The average molecular weight is 450 g/mol. The Kier molecular flexibility index (Phi) is 7.69. The SMILES string of the molecule is CC(=O)OCCCCN1CCN(c2cccc(-c3ccc4c(c3)C(C)(C)CCCC4)n2)CC1. The van der Waals surface area contributed by atoms with Crippen molar-refractivity contribution < 1.29 is 9.53 Å². The van der Waals surface area contributed by atoms with E-state index in [0.29, 0.717) is 6.61 Å². The number of benzene rings is 1. The Labute approximate surface area is 199 Å². The predicted molar refractivity (Wildman–Crippen MR) is 135 cm³/mol. The smallest absolute Gasteiger partial charge is 0.302 e. The second-order valence-corrected chi connectivity index (χ2v) is 10.2. The summed E-state index contributed by atoms with van der Waals surface area (Å²) in [6, 6.07) is 13.4. The summed E-state index contributed by atoms with van der Waals surface area (Å²) < 4.78 is 5.03. The molecule has 0 N–H and O–H groups in total. The molecule has 1 aromatic carbocycles. The number of hydrogen-bond acceptors (Lipinski definition) is 5. The number of rotatable bonds is 7. The number of hydrogen-bond donors (Lipinski definition) is 0. The van der Waals surface area contributed by atoms with Gasteiger partial charge in [-0.25, -0.2) is 4.98 Å². The number of pyridine rings is 1. The van der Waals surface area contributed by atoms with E-state index in [4.69, 9.17) is 9.72 Å². The van der Waals surface area contributed by atoms with Crippen LogP contribution < -0.4 is 4.90 Å². The number of carbonyl (C=O) groups excluding carboxylic acids is 1. The van der Waals surface area contributed by atoms with E-state index in [1.54, 1.807) is 0 Å². The molecule has 0 unspecified atom stereocenters. The van der Waals surface area contributed by atoms with Gasteiger partial charge in [-0.05, 0) is 73.4 Å². The molecule has 0 bridgehead atoms. The van der Waals surface area contributed by atoms with E-state index in [1.165, 1.54) is 49.3 Å². The first-order valence-corrected chi connectivity index (χ1v) is 12.6. The van der Waals surface area contributed by atoms with Gasteiger partial charge in [-0.3, -0.25) is 9.69 Å². The topological polar surface area (TPSA) is 45.7 Å². The summed E-state index contributed by atoms with van der Waals surface area (Å²) in [6.07, 6.45) is 7.05. The highest BCUT2D eigenvalue weighted by Crippen LogP contribution is 2.37. The van der Waals surface area contributed by atoms with Crippen LogP contribution in [0.1, 0.15) is 64.0 Å². The number of esters is 1. The molecule has 2 heterocycles. The van der Waals surface area contributed by atoms with Gasteiger partial charge in [0.25, 0.3) is 0 Å². The van der Waals surface area contributed by atoms with Crippen molar-refractivity contribution in [3.63, 3.8) is 0 Å². The van der Waals surface area contributed by atoms with Gasteiger partial charge in [-0.2, -0.15) is 0 Å². The third-order valence-electron chi connectivity index (χ3n) is 7.24. The summed E-state index contributed by atoms with van der Waals surface area (Å²) in [7, 11) is 0. The molecule has 4 rings (SSSR count). The first-order valence-electron chi connectivity index (χ1n) is 12.6. The van der Waals surface area contributed by atoms with Crippen LogP contribution in [0, 0.1) is 0 Å². The normalized spacial score (nSPS) is 18.5. The Morgan fingerprint density at radius 2 is 1.88 bits per heavy atom. The molecule has 0 amide bonds. The van der Waals surface area contributed by atoms with E-state index in [0.717, 1.165) is 57.1 Å². The van der Waals surface area contributed by atoms with Gasteiger partial charge in [0.1, 0.15) is 5.82 Å². The fraction of sp³-hybridized carbons (Fsp3) is 0.571. The lowest BCUT2D eigenvalue weighted by Crippen LogP contribution is -2.47. The number of carbonyl (C=O) groups is 1. The molecule has 1 aromatic heterocycles. The maximum absolute atomic E-state index is 10.9. The van der Waals surface area contributed by atoms with Crippen molar-refractivity contribution in [2.45, 2.75) is 64.7 Å². The average Bonchev–Trinajstić information content (AvgIpc) is 2.96. The number of nitrogens with zero attached hydrogens (tertiary/aromatic N) is 3. The lowest BCUT2D eigenvalue weighted by Gasteiger charge is -2.35. The molecule has 0 atom stereocenters. The van der Waals surface area contributed by atoms with Crippen LogP contribution >= 0.6 is 0 Å². The fourth-order valence-electron chi connectivity index (χ4n) is 5.21. The predicted octanol–water partition coefficient (Wildman–Crippen LogP) is 5.22. The van der Waals surface area contributed by atoms with E-state index in [9.17, 15) is 4.79 Å². The van der Waals surface area contributed by atoms with Crippen molar-refractivity contribution in [2.24, 2.45) is 0 Å². The van der Waals surface area contributed by atoms with Crippen LogP contribution in [0.2, 0.25) is 0 Å². The Balaban J connectivity index is 1.37. The molecule has 5 nitrogen and oxygen atoms in total. The minimum atomic E-state index is -0.187. The number of ether oxygens (including phenoxy) is 1. The van der Waals surface area contributed by atoms with Crippen molar-refractivity contribution in [3.8, 4) is 11.3 Å². The number of piperazine rings is 1. The van der Waals surface area contributed by atoms with Gasteiger partial charge >= 0.3 is 5.97 Å². The highest BCUT2D eigenvalue weighted by molar-refractivity contribution is 5.66. The molecule has 1 saturated heterocycles. The van der Waals surface area contributed by atoms with Gasteiger partial charge in [-0.1, -0.05) is 38.5 Å². The summed E-state index contributed by atoms with van der Waals surface area (Å²) in [5.41, 5.74) is 5.56. The Bertz CT molecular complexity index is 948.